The first-order valence-electron chi connectivity index (χ1n) is 7.79. The molecule has 142 valence electrons. The molecule has 1 amide bonds. The molecule has 0 atom stereocenters. The summed E-state index contributed by atoms with van der Waals surface area (Å²) in [6.45, 7) is 0. The minimum absolute atomic E-state index is 0.101. The van der Waals surface area contributed by atoms with E-state index in [1.165, 1.54) is 11.8 Å². The fourth-order valence-corrected chi connectivity index (χ4v) is 3.15. The number of alkyl halides is 3. The lowest BCUT2D eigenvalue weighted by Crippen LogP contribution is -2.21. The Hall–Kier alpha value is -2.76. The molecule has 0 saturated carbocycles. The first kappa shape index (κ1) is 20.0. The van der Waals surface area contributed by atoms with Crippen LogP contribution in [0.1, 0.15) is 11.1 Å². The SMILES string of the molecule is C#CCSC1=NC(=Cc2ccc(-c3ncc(C(F)(F)F)cc3Cl)cc2)C(=O)N1. The molecular formula is C19H11ClF3N3OS. The molecule has 1 aliphatic heterocycles. The number of amides is 1. The van der Waals surface area contributed by atoms with Crippen LogP contribution in [0.4, 0.5) is 13.2 Å². The molecule has 1 aliphatic rings. The summed E-state index contributed by atoms with van der Waals surface area (Å²) in [6.07, 6.45) is 3.00. The summed E-state index contributed by atoms with van der Waals surface area (Å²) < 4.78 is 38.2. The average Bonchev–Trinajstić information content (AvgIpc) is 2.99. The van der Waals surface area contributed by atoms with Crippen molar-refractivity contribution in [2.24, 2.45) is 4.99 Å². The predicted molar refractivity (Wildman–Crippen MR) is 105 cm³/mol. The number of carbonyl (C=O) groups is 1. The second-order valence-electron chi connectivity index (χ2n) is 5.57. The van der Waals surface area contributed by atoms with Crippen LogP contribution in [0.5, 0.6) is 0 Å². The van der Waals surface area contributed by atoms with E-state index in [4.69, 9.17) is 18.0 Å². The molecule has 1 N–H and O–H groups in total. The minimum atomic E-state index is -4.51. The number of carbonyl (C=O) groups excluding carboxylic acids is 1. The Kier molecular flexibility index (Phi) is 5.77. The first-order valence-corrected chi connectivity index (χ1v) is 9.15. The second kappa shape index (κ2) is 8.09. The topological polar surface area (TPSA) is 54.4 Å². The van der Waals surface area contributed by atoms with Gasteiger partial charge in [-0.05, 0) is 17.7 Å². The van der Waals surface area contributed by atoms with Crippen molar-refractivity contribution in [2.45, 2.75) is 6.18 Å². The van der Waals surface area contributed by atoms with Crippen molar-refractivity contribution in [3.05, 3.63) is 58.4 Å². The van der Waals surface area contributed by atoms with Gasteiger partial charge in [0.1, 0.15) is 5.70 Å². The van der Waals surface area contributed by atoms with Gasteiger partial charge >= 0.3 is 6.18 Å². The molecule has 3 rings (SSSR count). The van der Waals surface area contributed by atoms with E-state index in [9.17, 15) is 18.0 Å². The molecule has 0 saturated heterocycles. The summed E-state index contributed by atoms with van der Waals surface area (Å²) in [5.41, 5.74) is 0.789. The van der Waals surface area contributed by atoms with Gasteiger partial charge in [0, 0.05) is 11.8 Å². The van der Waals surface area contributed by atoms with Gasteiger partial charge in [-0.25, -0.2) is 4.99 Å². The number of terminal acetylenes is 1. The van der Waals surface area contributed by atoms with Gasteiger partial charge in [0.15, 0.2) is 5.17 Å². The highest BCUT2D eigenvalue weighted by Crippen LogP contribution is 2.34. The molecule has 0 radical (unpaired) electrons. The Balaban J connectivity index is 1.82. The number of amidine groups is 1. The summed E-state index contributed by atoms with van der Waals surface area (Å²) in [7, 11) is 0. The van der Waals surface area contributed by atoms with E-state index in [1.807, 2.05) is 0 Å². The Morgan fingerprint density at radius 2 is 2.00 bits per heavy atom. The monoisotopic (exact) mass is 421 g/mol. The molecule has 2 heterocycles. The van der Waals surface area contributed by atoms with Crippen molar-refractivity contribution >= 4 is 40.5 Å². The third kappa shape index (κ3) is 4.55. The number of nitrogens with zero attached hydrogens (tertiary/aromatic N) is 2. The van der Waals surface area contributed by atoms with Gasteiger partial charge < -0.3 is 0 Å². The smallest absolute Gasteiger partial charge is 0.300 e. The zero-order chi connectivity index (χ0) is 20.3. The zero-order valence-corrected chi connectivity index (χ0v) is 15.6. The Morgan fingerprint density at radius 1 is 1.29 bits per heavy atom. The number of rotatable bonds is 3. The molecule has 0 unspecified atom stereocenters. The van der Waals surface area contributed by atoms with Crippen molar-refractivity contribution in [1.82, 2.24) is 10.3 Å². The normalized spacial score (nSPS) is 15.3. The third-order valence-corrected chi connectivity index (χ3v) is 4.69. The van der Waals surface area contributed by atoms with Crippen LogP contribution in [-0.4, -0.2) is 21.8 Å². The molecule has 4 nitrogen and oxygen atoms in total. The minimum Gasteiger partial charge on any atom is -0.300 e. The molecule has 1 aromatic carbocycles. The number of hydrogen-bond acceptors (Lipinski definition) is 4. The van der Waals surface area contributed by atoms with Crippen LogP contribution in [0.2, 0.25) is 5.02 Å². The van der Waals surface area contributed by atoms with E-state index >= 15 is 0 Å². The maximum absolute atomic E-state index is 12.7. The van der Waals surface area contributed by atoms with Crippen LogP contribution >= 0.6 is 23.4 Å². The number of aromatic nitrogens is 1. The largest absolute Gasteiger partial charge is 0.417 e. The van der Waals surface area contributed by atoms with Crippen LogP contribution < -0.4 is 5.32 Å². The molecule has 0 aliphatic carbocycles. The molecule has 0 bridgehead atoms. The number of nitrogens with one attached hydrogen (secondary N) is 1. The van der Waals surface area contributed by atoms with E-state index in [0.29, 0.717) is 22.0 Å². The summed E-state index contributed by atoms with van der Waals surface area (Å²) >= 11 is 7.21. The van der Waals surface area contributed by atoms with Crippen molar-refractivity contribution in [3.63, 3.8) is 0 Å². The van der Waals surface area contributed by atoms with Crippen LogP contribution in [-0.2, 0) is 11.0 Å². The second-order valence-corrected chi connectivity index (χ2v) is 6.94. The van der Waals surface area contributed by atoms with Crippen molar-refractivity contribution in [3.8, 4) is 23.6 Å². The lowest BCUT2D eigenvalue weighted by molar-refractivity contribution is -0.137. The number of aliphatic imine (C=N–C) groups is 1. The number of thioether (sulfide) groups is 1. The highest BCUT2D eigenvalue weighted by molar-refractivity contribution is 8.14. The molecule has 0 spiro atoms. The van der Waals surface area contributed by atoms with Crippen molar-refractivity contribution < 1.29 is 18.0 Å². The Morgan fingerprint density at radius 3 is 2.61 bits per heavy atom. The maximum Gasteiger partial charge on any atom is 0.417 e. The summed E-state index contributed by atoms with van der Waals surface area (Å²) in [5.74, 6) is 2.50. The Labute approximate surface area is 167 Å². The van der Waals surface area contributed by atoms with Crippen LogP contribution in [0.3, 0.4) is 0 Å². The van der Waals surface area contributed by atoms with Gasteiger partial charge in [-0.1, -0.05) is 53.5 Å². The van der Waals surface area contributed by atoms with Gasteiger partial charge in [-0.15, -0.1) is 6.42 Å². The van der Waals surface area contributed by atoms with Gasteiger partial charge in [0.25, 0.3) is 5.91 Å². The number of halogens is 4. The molecule has 9 heteroatoms. The molecule has 1 aromatic heterocycles. The van der Waals surface area contributed by atoms with Crippen molar-refractivity contribution in [2.75, 3.05) is 5.75 Å². The average molecular weight is 422 g/mol. The standard InChI is InChI=1S/C19H11ClF3N3OS/c1-2-7-28-18-25-15(17(27)26-18)8-11-3-5-12(6-4-11)16-14(20)9-13(10-24-16)19(21,22)23/h1,3-6,8-10H,7H2,(H,25,26,27). The van der Waals surface area contributed by atoms with E-state index in [2.05, 4.69) is 21.2 Å². The van der Waals surface area contributed by atoms with Crippen LogP contribution in [0.25, 0.3) is 17.3 Å². The molecule has 0 fully saturated rings. The van der Waals surface area contributed by atoms with Crippen LogP contribution in [0.15, 0.2) is 47.2 Å². The van der Waals surface area contributed by atoms with E-state index in [0.717, 1.165) is 12.3 Å². The molecular weight excluding hydrogens is 411 g/mol. The highest BCUT2D eigenvalue weighted by Gasteiger charge is 2.31. The summed E-state index contributed by atoms with van der Waals surface area (Å²) in [4.78, 5) is 19.9. The molecule has 2 aromatic rings. The quantitative estimate of drug-likeness (QED) is 0.581. The lowest BCUT2D eigenvalue weighted by atomic mass is 10.1. The van der Waals surface area contributed by atoms with Crippen molar-refractivity contribution in [1.29, 1.82) is 0 Å². The van der Waals surface area contributed by atoms with E-state index in [-0.39, 0.29) is 22.3 Å². The Bertz CT molecular complexity index is 1020. The highest BCUT2D eigenvalue weighted by atomic mass is 35.5. The first-order chi connectivity index (χ1) is 13.3. The van der Waals surface area contributed by atoms with Gasteiger partial charge in [0.2, 0.25) is 0 Å². The zero-order valence-electron chi connectivity index (χ0n) is 14.0. The van der Waals surface area contributed by atoms with E-state index < -0.39 is 11.7 Å². The third-order valence-electron chi connectivity index (χ3n) is 3.62. The summed E-state index contributed by atoms with van der Waals surface area (Å²) in [6, 6.07) is 7.52. The fraction of sp³-hybridized carbons (Fsp3) is 0.105. The fourth-order valence-electron chi connectivity index (χ4n) is 2.33. The molecule has 28 heavy (non-hydrogen) atoms. The lowest BCUT2D eigenvalue weighted by Gasteiger charge is -2.09. The summed E-state index contributed by atoms with van der Waals surface area (Å²) in [5, 5.41) is 2.95. The van der Waals surface area contributed by atoms with Gasteiger partial charge in [-0.2, -0.15) is 13.2 Å². The van der Waals surface area contributed by atoms with Gasteiger partial charge in [-0.3, -0.25) is 15.1 Å². The van der Waals surface area contributed by atoms with Gasteiger partial charge in [0.05, 0.1) is 22.0 Å². The van der Waals surface area contributed by atoms with Crippen LogP contribution in [0, 0.1) is 12.3 Å². The number of hydrogen-bond donors (Lipinski definition) is 1. The maximum atomic E-state index is 12.7. The number of pyridine rings is 1. The number of benzene rings is 1. The predicted octanol–water partition coefficient (Wildman–Crippen LogP) is 4.61. The van der Waals surface area contributed by atoms with E-state index in [1.54, 1.807) is 30.3 Å².